The van der Waals surface area contributed by atoms with Crippen LogP contribution >= 0.6 is 11.6 Å². The Hall–Kier alpha value is -2.39. The number of nitrogens with zero attached hydrogens (tertiary/aromatic N) is 1. The SMILES string of the molecule is Cc1c(CC(=O)NC2(C)CS(=O)(=O)C2)c2n(c1C(=O)Nc1ccc(F)c(Cl)c1)C1C3C2[C@@H]31. The van der Waals surface area contributed by atoms with Gasteiger partial charge in [0.15, 0.2) is 9.84 Å². The Labute approximate surface area is 189 Å². The van der Waals surface area contributed by atoms with Crippen LogP contribution in [-0.2, 0) is 21.1 Å². The Morgan fingerprint density at radius 3 is 2.59 bits per heavy atom. The molecule has 10 heteroatoms. The maximum atomic E-state index is 13.5. The van der Waals surface area contributed by atoms with Gasteiger partial charge in [-0.25, -0.2) is 12.8 Å². The van der Waals surface area contributed by atoms with Crippen LogP contribution in [0.3, 0.4) is 0 Å². The highest BCUT2D eigenvalue weighted by Gasteiger charge is 2.81. The molecule has 4 atom stereocenters. The quantitative estimate of drug-likeness (QED) is 0.691. The fourth-order valence-corrected chi connectivity index (χ4v) is 8.13. The number of rotatable bonds is 5. The lowest BCUT2D eigenvalue weighted by molar-refractivity contribution is -0.121. The number of sulfone groups is 1. The predicted octanol–water partition coefficient (Wildman–Crippen LogP) is 2.59. The van der Waals surface area contributed by atoms with E-state index in [1.807, 2.05) is 6.92 Å². The van der Waals surface area contributed by atoms with Crippen LogP contribution < -0.4 is 10.6 Å². The maximum absolute atomic E-state index is 13.5. The summed E-state index contributed by atoms with van der Waals surface area (Å²) in [7, 11) is -3.07. The first kappa shape index (κ1) is 20.2. The first-order chi connectivity index (χ1) is 15.0. The zero-order valence-corrected chi connectivity index (χ0v) is 19.0. The normalized spacial score (nSPS) is 28.9. The molecule has 2 aromatic rings. The second-order valence-electron chi connectivity index (χ2n) is 9.78. The molecule has 2 saturated carbocycles. The summed E-state index contributed by atoms with van der Waals surface area (Å²) in [4.78, 5) is 26.0. The molecule has 2 N–H and O–H groups in total. The molecule has 1 aromatic carbocycles. The van der Waals surface area contributed by atoms with Gasteiger partial charge in [-0.15, -0.1) is 0 Å². The lowest BCUT2D eigenvalue weighted by atomic mass is 9.99. The summed E-state index contributed by atoms with van der Waals surface area (Å²) >= 11 is 5.84. The van der Waals surface area contributed by atoms with Gasteiger partial charge in [-0.05, 0) is 55.0 Å². The van der Waals surface area contributed by atoms with Crippen LogP contribution in [-0.4, -0.2) is 41.8 Å². The van der Waals surface area contributed by atoms with E-state index in [1.54, 1.807) is 6.92 Å². The first-order valence-electron chi connectivity index (χ1n) is 10.5. The summed E-state index contributed by atoms with van der Waals surface area (Å²) in [6, 6.07) is 4.34. The van der Waals surface area contributed by atoms with Gasteiger partial charge in [0.2, 0.25) is 5.91 Å². The molecule has 1 aromatic heterocycles. The van der Waals surface area contributed by atoms with Crippen molar-refractivity contribution in [3.8, 4) is 0 Å². The van der Waals surface area contributed by atoms with E-state index in [0.717, 1.165) is 16.8 Å². The zero-order chi connectivity index (χ0) is 22.7. The van der Waals surface area contributed by atoms with Crippen molar-refractivity contribution >= 4 is 38.9 Å². The van der Waals surface area contributed by atoms with Gasteiger partial charge in [0, 0.05) is 23.3 Å². The van der Waals surface area contributed by atoms with E-state index < -0.39 is 21.2 Å². The molecule has 7 rings (SSSR count). The molecule has 4 heterocycles. The molecule has 0 radical (unpaired) electrons. The van der Waals surface area contributed by atoms with Crippen molar-refractivity contribution < 1.29 is 22.4 Å². The highest BCUT2D eigenvalue weighted by Crippen LogP contribution is 2.86. The maximum Gasteiger partial charge on any atom is 0.272 e. The van der Waals surface area contributed by atoms with E-state index >= 15 is 0 Å². The van der Waals surface area contributed by atoms with Crippen molar-refractivity contribution in [3.05, 3.63) is 51.6 Å². The van der Waals surface area contributed by atoms with Gasteiger partial charge in [-0.3, -0.25) is 9.59 Å². The van der Waals surface area contributed by atoms with Gasteiger partial charge in [-0.2, -0.15) is 0 Å². The summed E-state index contributed by atoms with van der Waals surface area (Å²) in [5, 5.41) is 5.59. The minimum Gasteiger partial charge on any atom is -0.349 e. The molecule has 3 fully saturated rings. The van der Waals surface area contributed by atoms with Gasteiger partial charge < -0.3 is 15.2 Å². The Balaban J connectivity index is 1.27. The number of anilines is 1. The number of amides is 2. The third-order valence-electron chi connectivity index (χ3n) is 7.26. The lowest BCUT2D eigenvalue weighted by Crippen LogP contribution is -2.63. The van der Waals surface area contributed by atoms with Crippen molar-refractivity contribution in [2.75, 3.05) is 16.8 Å². The van der Waals surface area contributed by atoms with E-state index in [0.29, 0.717) is 35.2 Å². The van der Waals surface area contributed by atoms with Crippen LogP contribution in [0.1, 0.15) is 46.2 Å². The Bertz CT molecular complexity index is 1330. The van der Waals surface area contributed by atoms with Crippen LogP contribution in [0.5, 0.6) is 0 Å². The van der Waals surface area contributed by atoms with Crippen LogP contribution in [0.15, 0.2) is 18.2 Å². The number of hydrogen-bond acceptors (Lipinski definition) is 4. The topological polar surface area (TPSA) is 97.3 Å². The highest BCUT2D eigenvalue weighted by molar-refractivity contribution is 7.93. The van der Waals surface area contributed by atoms with Crippen LogP contribution in [0.2, 0.25) is 5.02 Å². The van der Waals surface area contributed by atoms with E-state index in [-0.39, 0.29) is 34.8 Å². The average Bonchev–Trinajstić information content (AvgIpc) is 3.45. The second kappa shape index (κ2) is 6.14. The third kappa shape index (κ3) is 2.80. The molecular formula is C22H21ClFN3O4S. The molecular weight excluding hydrogens is 457 g/mol. The third-order valence-corrected chi connectivity index (χ3v) is 9.70. The Kier molecular flexibility index (Phi) is 3.88. The zero-order valence-electron chi connectivity index (χ0n) is 17.4. The van der Waals surface area contributed by atoms with Crippen molar-refractivity contribution in [3.63, 3.8) is 0 Å². The average molecular weight is 478 g/mol. The number of nitrogens with one attached hydrogen (secondary N) is 2. The van der Waals surface area contributed by atoms with Crippen molar-refractivity contribution in [1.82, 2.24) is 9.88 Å². The minimum atomic E-state index is -3.07. The molecule has 5 aliphatic rings. The summed E-state index contributed by atoms with van der Waals surface area (Å²) in [6.07, 6.45) is 0.106. The number of hydrogen-bond donors (Lipinski definition) is 2. The van der Waals surface area contributed by atoms with Crippen molar-refractivity contribution in [1.29, 1.82) is 0 Å². The van der Waals surface area contributed by atoms with Crippen molar-refractivity contribution in [2.45, 2.75) is 37.8 Å². The van der Waals surface area contributed by atoms with E-state index in [1.165, 1.54) is 18.2 Å². The highest BCUT2D eigenvalue weighted by atomic mass is 35.5. The van der Waals surface area contributed by atoms with Crippen LogP contribution in [0.25, 0.3) is 0 Å². The second-order valence-corrected chi connectivity index (χ2v) is 12.3. The van der Waals surface area contributed by atoms with E-state index in [2.05, 4.69) is 15.2 Å². The minimum absolute atomic E-state index is 0.0542. The van der Waals surface area contributed by atoms with E-state index in [9.17, 15) is 22.4 Å². The van der Waals surface area contributed by atoms with Gasteiger partial charge in [0.05, 0.1) is 28.5 Å². The molecule has 3 unspecified atom stereocenters. The Morgan fingerprint density at radius 2 is 1.97 bits per heavy atom. The monoisotopic (exact) mass is 477 g/mol. The molecule has 168 valence electrons. The van der Waals surface area contributed by atoms with Crippen LogP contribution in [0, 0.1) is 24.6 Å². The molecule has 32 heavy (non-hydrogen) atoms. The first-order valence-corrected chi connectivity index (χ1v) is 12.7. The number of carbonyl (C=O) groups excluding carboxylic acids is 2. The van der Waals surface area contributed by atoms with Crippen LogP contribution in [0.4, 0.5) is 10.1 Å². The van der Waals surface area contributed by atoms with Gasteiger partial charge in [0.25, 0.3) is 5.91 Å². The number of benzene rings is 1. The molecule has 2 bridgehead atoms. The lowest BCUT2D eigenvalue weighted by Gasteiger charge is -2.38. The van der Waals surface area contributed by atoms with Gasteiger partial charge in [-0.1, -0.05) is 11.6 Å². The summed E-state index contributed by atoms with van der Waals surface area (Å²) < 4.78 is 38.6. The molecule has 1 saturated heterocycles. The standard InChI is InChI=1S/C22H21ClFN3O4S/c1-9-11(6-14(28)26-22(2)7-32(30,31)8-22)19-15-16-17(15)20(16)27(19)18(9)21(29)25-10-3-4-13(24)12(23)5-10/h3-5,15-17,20H,6-8H2,1-2H3,(H,25,29)(H,26,28)/t15?,16-,17?,20?/m0/s1. The molecule has 3 aliphatic heterocycles. The van der Waals surface area contributed by atoms with Gasteiger partial charge >= 0.3 is 0 Å². The number of carbonyl (C=O) groups is 2. The van der Waals surface area contributed by atoms with Gasteiger partial charge in [0.1, 0.15) is 11.5 Å². The molecule has 2 amide bonds. The summed E-state index contributed by atoms with van der Waals surface area (Å²) in [5.74, 6) is 0.306. The smallest absolute Gasteiger partial charge is 0.272 e. The number of aromatic nitrogens is 1. The summed E-state index contributed by atoms with van der Waals surface area (Å²) in [5.41, 5.74) is 2.85. The van der Waals surface area contributed by atoms with E-state index in [4.69, 9.17) is 11.6 Å². The fourth-order valence-electron chi connectivity index (χ4n) is 5.95. The molecule has 2 aliphatic carbocycles. The fraction of sp³-hybridized carbons (Fsp3) is 0.455. The van der Waals surface area contributed by atoms with Crippen molar-refractivity contribution in [2.24, 2.45) is 11.8 Å². The number of halogens is 2. The predicted molar refractivity (Wildman–Crippen MR) is 116 cm³/mol. The summed E-state index contributed by atoms with van der Waals surface area (Å²) in [6.45, 7) is 3.57. The Morgan fingerprint density at radius 1 is 1.28 bits per heavy atom. The molecule has 0 spiro atoms. The molecule has 7 nitrogen and oxygen atoms in total. The largest absolute Gasteiger partial charge is 0.349 e.